The molecule has 0 saturated heterocycles. The molecule has 0 saturated carbocycles. The first-order valence-electron chi connectivity index (χ1n) is 6.03. The Bertz CT molecular complexity index is 556. The normalized spacial score (nSPS) is 12.6. The van der Waals surface area contributed by atoms with Crippen molar-refractivity contribution in [3.8, 4) is 0 Å². The van der Waals surface area contributed by atoms with E-state index in [9.17, 15) is 4.39 Å². The molecule has 0 spiro atoms. The van der Waals surface area contributed by atoms with Crippen molar-refractivity contribution in [2.24, 2.45) is 0 Å². The summed E-state index contributed by atoms with van der Waals surface area (Å²) in [5, 5.41) is 7.61. The van der Waals surface area contributed by atoms with Crippen molar-refractivity contribution in [1.29, 1.82) is 0 Å². The van der Waals surface area contributed by atoms with E-state index in [1.165, 1.54) is 6.07 Å². The minimum absolute atomic E-state index is 0.00866. The smallest absolute Gasteiger partial charge is 0.123 e. The van der Waals surface area contributed by atoms with E-state index in [2.05, 4.69) is 49.5 Å². The van der Waals surface area contributed by atoms with Gasteiger partial charge >= 0.3 is 0 Å². The highest BCUT2D eigenvalue weighted by Gasteiger charge is 2.19. The van der Waals surface area contributed by atoms with Crippen LogP contribution < -0.4 is 5.32 Å². The monoisotopic (exact) mass is 405 g/mol. The summed E-state index contributed by atoms with van der Waals surface area (Å²) in [5.74, 6) is -0.215. The highest BCUT2D eigenvalue weighted by Crippen LogP contribution is 2.35. The van der Waals surface area contributed by atoms with Crippen LogP contribution in [0.1, 0.15) is 30.5 Å². The van der Waals surface area contributed by atoms with Gasteiger partial charge in [0.25, 0.3) is 0 Å². The van der Waals surface area contributed by atoms with Gasteiger partial charge in [0.1, 0.15) is 5.82 Å². The SMILES string of the molecule is CCCNC(c1cscc1Br)c1cc(F)ccc1Br. The highest BCUT2D eigenvalue weighted by atomic mass is 79.9. The number of nitrogens with one attached hydrogen (secondary N) is 1. The molecule has 0 radical (unpaired) electrons. The van der Waals surface area contributed by atoms with Crippen molar-refractivity contribution in [2.45, 2.75) is 19.4 Å². The molecule has 1 aromatic heterocycles. The van der Waals surface area contributed by atoms with E-state index in [-0.39, 0.29) is 11.9 Å². The van der Waals surface area contributed by atoms with E-state index in [1.807, 2.05) is 5.38 Å². The van der Waals surface area contributed by atoms with Crippen LogP contribution in [0.5, 0.6) is 0 Å². The van der Waals surface area contributed by atoms with Gasteiger partial charge in [0.05, 0.1) is 6.04 Å². The largest absolute Gasteiger partial charge is 0.306 e. The Morgan fingerprint density at radius 1 is 1.21 bits per heavy atom. The van der Waals surface area contributed by atoms with Gasteiger partial charge in [-0.2, -0.15) is 11.3 Å². The zero-order chi connectivity index (χ0) is 13.8. The summed E-state index contributed by atoms with van der Waals surface area (Å²) in [4.78, 5) is 0. The number of hydrogen-bond donors (Lipinski definition) is 1. The molecule has 19 heavy (non-hydrogen) atoms. The minimum atomic E-state index is -0.215. The molecule has 1 atom stereocenters. The van der Waals surface area contributed by atoms with E-state index < -0.39 is 0 Å². The fourth-order valence-corrected chi connectivity index (χ4v) is 3.94. The molecule has 1 unspecified atom stereocenters. The predicted molar refractivity (Wildman–Crippen MR) is 86.3 cm³/mol. The second-order valence-corrected chi connectivity index (χ2v) is 6.68. The molecule has 1 N–H and O–H groups in total. The van der Waals surface area contributed by atoms with Crippen LogP contribution in [0.3, 0.4) is 0 Å². The molecule has 5 heteroatoms. The Morgan fingerprint density at radius 2 is 2.00 bits per heavy atom. The Hall–Kier alpha value is -0.230. The summed E-state index contributed by atoms with van der Waals surface area (Å²) in [6.45, 7) is 3.00. The Kier molecular flexibility index (Phi) is 5.57. The summed E-state index contributed by atoms with van der Waals surface area (Å²) in [7, 11) is 0. The molecule has 2 aromatic rings. The summed E-state index contributed by atoms with van der Waals surface area (Å²) < 4.78 is 15.5. The zero-order valence-corrected chi connectivity index (χ0v) is 14.4. The molecule has 0 aliphatic heterocycles. The van der Waals surface area contributed by atoms with Crippen LogP contribution in [-0.4, -0.2) is 6.54 Å². The van der Waals surface area contributed by atoms with Gasteiger partial charge < -0.3 is 5.32 Å². The van der Waals surface area contributed by atoms with Crippen LogP contribution in [0.2, 0.25) is 0 Å². The summed E-state index contributed by atoms with van der Waals surface area (Å²) in [6, 6.07) is 4.80. The first-order valence-corrected chi connectivity index (χ1v) is 8.56. The fourth-order valence-electron chi connectivity index (χ4n) is 1.91. The number of hydrogen-bond acceptors (Lipinski definition) is 2. The Morgan fingerprint density at radius 3 is 2.63 bits per heavy atom. The van der Waals surface area contributed by atoms with Crippen LogP contribution in [-0.2, 0) is 0 Å². The molecular weight excluding hydrogens is 393 g/mol. The number of rotatable bonds is 5. The molecule has 0 bridgehead atoms. The quantitative estimate of drug-likeness (QED) is 0.690. The predicted octanol–water partition coefficient (Wildman–Crippen LogP) is 5.50. The Labute approximate surface area is 133 Å². The number of benzene rings is 1. The maximum absolute atomic E-state index is 13.5. The second-order valence-electron chi connectivity index (χ2n) is 4.23. The lowest BCUT2D eigenvalue weighted by Gasteiger charge is -2.20. The average molecular weight is 407 g/mol. The second kappa shape index (κ2) is 6.97. The minimum Gasteiger partial charge on any atom is -0.306 e. The first kappa shape index (κ1) is 15.2. The average Bonchev–Trinajstić information content (AvgIpc) is 2.80. The van der Waals surface area contributed by atoms with E-state index in [1.54, 1.807) is 23.5 Å². The fraction of sp³-hybridized carbons (Fsp3) is 0.286. The highest BCUT2D eigenvalue weighted by molar-refractivity contribution is 9.10. The van der Waals surface area contributed by atoms with E-state index >= 15 is 0 Å². The number of halogens is 3. The van der Waals surface area contributed by atoms with Crippen molar-refractivity contribution >= 4 is 43.2 Å². The van der Waals surface area contributed by atoms with Crippen molar-refractivity contribution in [2.75, 3.05) is 6.54 Å². The van der Waals surface area contributed by atoms with Crippen LogP contribution in [0, 0.1) is 5.82 Å². The summed E-state index contributed by atoms with van der Waals surface area (Å²) in [6.07, 6.45) is 1.03. The van der Waals surface area contributed by atoms with Gasteiger partial charge in [-0.05, 0) is 63.6 Å². The zero-order valence-electron chi connectivity index (χ0n) is 10.4. The van der Waals surface area contributed by atoms with Gasteiger partial charge in [-0.3, -0.25) is 0 Å². The lowest BCUT2D eigenvalue weighted by molar-refractivity contribution is 0.583. The van der Waals surface area contributed by atoms with Crippen molar-refractivity contribution in [3.63, 3.8) is 0 Å². The van der Waals surface area contributed by atoms with E-state index in [0.717, 1.165) is 33.0 Å². The van der Waals surface area contributed by atoms with Gasteiger partial charge in [-0.15, -0.1) is 0 Å². The summed E-state index contributed by atoms with van der Waals surface area (Å²) >= 11 is 8.71. The third-order valence-corrected chi connectivity index (χ3v) is 5.29. The topological polar surface area (TPSA) is 12.0 Å². The van der Waals surface area contributed by atoms with Gasteiger partial charge in [0, 0.05) is 14.3 Å². The van der Waals surface area contributed by atoms with Crippen molar-refractivity contribution in [1.82, 2.24) is 5.32 Å². The van der Waals surface area contributed by atoms with Crippen LogP contribution >= 0.6 is 43.2 Å². The van der Waals surface area contributed by atoms with Gasteiger partial charge in [-0.1, -0.05) is 22.9 Å². The molecule has 0 aliphatic carbocycles. The maximum atomic E-state index is 13.5. The third kappa shape index (κ3) is 3.66. The number of thiophene rings is 1. The summed E-state index contributed by atoms with van der Waals surface area (Å²) in [5.41, 5.74) is 2.07. The first-order chi connectivity index (χ1) is 9.13. The van der Waals surface area contributed by atoms with E-state index in [0.29, 0.717) is 0 Å². The van der Waals surface area contributed by atoms with Crippen LogP contribution in [0.25, 0.3) is 0 Å². The molecule has 102 valence electrons. The van der Waals surface area contributed by atoms with Crippen molar-refractivity contribution < 1.29 is 4.39 Å². The molecule has 1 heterocycles. The van der Waals surface area contributed by atoms with Crippen LogP contribution in [0.4, 0.5) is 4.39 Å². The van der Waals surface area contributed by atoms with E-state index in [4.69, 9.17) is 0 Å². The van der Waals surface area contributed by atoms with Crippen molar-refractivity contribution in [3.05, 3.63) is 54.8 Å². The van der Waals surface area contributed by atoms with Crippen LogP contribution in [0.15, 0.2) is 37.9 Å². The van der Waals surface area contributed by atoms with Gasteiger partial charge in [0.15, 0.2) is 0 Å². The molecule has 0 amide bonds. The molecule has 2 rings (SSSR count). The molecule has 0 fully saturated rings. The molecule has 0 aliphatic rings. The van der Waals surface area contributed by atoms with Gasteiger partial charge in [-0.25, -0.2) is 4.39 Å². The standard InChI is InChI=1S/C14H14Br2FNS/c1-2-5-18-14(11-7-19-8-13(11)16)10-6-9(17)3-4-12(10)15/h3-4,6-8,14,18H,2,5H2,1H3. The Balaban J connectivity index is 2.42. The molecule has 1 nitrogen and oxygen atoms in total. The molecular formula is C14H14Br2FNS. The van der Waals surface area contributed by atoms with Gasteiger partial charge in [0.2, 0.25) is 0 Å². The third-order valence-electron chi connectivity index (χ3n) is 2.82. The lowest BCUT2D eigenvalue weighted by atomic mass is 10.0. The lowest BCUT2D eigenvalue weighted by Crippen LogP contribution is -2.23. The molecule has 1 aromatic carbocycles. The maximum Gasteiger partial charge on any atom is 0.123 e.